The first-order chi connectivity index (χ1) is 9.11. The fourth-order valence-electron chi connectivity index (χ4n) is 1.20. The van der Waals surface area contributed by atoms with Crippen molar-refractivity contribution in [2.45, 2.75) is 16.3 Å². The highest BCUT2D eigenvalue weighted by atomic mass is 32.2. The Hall–Kier alpha value is -1.61. The van der Waals surface area contributed by atoms with Crippen LogP contribution in [0, 0.1) is 0 Å². The minimum atomic E-state index is 0.400. The second-order valence-electron chi connectivity index (χ2n) is 3.68. The van der Waals surface area contributed by atoms with Gasteiger partial charge in [0.15, 0.2) is 4.34 Å². The Labute approximate surface area is 119 Å². The summed E-state index contributed by atoms with van der Waals surface area (Å²) in [5.74, 6) is 0.400. The molecule has 0 aliphatic carbocycles. The van der Waals surface area contributed by atoms with Crippen LogP contribution in [-0.2, 0) is 0 Å². The van der Waals surface area contributed by atoms with E-state index in [4.69, 9.17) is 10.5 Å². The van der Waals surface area contributed by atoms with E-state index < -0.39 is 0 Å². The van der Waals surface area contributed by atoms with E-state index in [1.165, 1.54) is 29.4 Å². The molecule has 2 rings (SSSR count). The molecule has 0 bridgehead atoms. The molecule has 7 nitrogen and oxygen atoms in total. The van der Waals surface area contributed by atoms with Crippen LogP contribution in [0.25, 0.3) is 0 Å². The van der Waals surface area contributed by atoms with Crippen molar-refractivity contribution >= 4 is 33.9 Å². The average molecular weight is 298 g/mol. The monoisotopic (exact) mass is 298 g/mol. The molecule has 102 valence electrons. The summed E-state index contributed by atoms with van der Waals surface area (Å²) >= 11 is 2.83. The van der Waals surface area contributed by atoms with Crippen LogP contribution in [0.2, 0.25) is 0 Å². The van der Waals surface area contributed by atoms with Gasteiger partial charge in [-0.15, -0.1) is 10.2 Å². The maximum Gasteiger partial charge on any atom is 0.241 e. The van der Waals surface area contributed by atoms with Gasteiger partial charge in [-0.2, -0.15) is 4.98 Å². The number of anilines is 2. The van der Waals surface area contributed by atoms with Crippen LogP contribution in [0.15, 0.2) is 15.7 Å². The molecule has 19 heavy (non-hydrogen) atoms. The third-order valence-corrected chi connectivity index (χ3v) is 4.21. The van der Waals surface area contributed by atoms with Gasteiger partial charge >= 0.3 is 0 Å². The molecule has 2 N–H and O–H groups in total. The summed E-state index contributed by atoms with van der Waals surface area (Å²) in [5, 5.41) is 9.60. The smallest absolute Gasteiger partial charge is 0.241 e. The largest absolute Gasteiger partial charge is 0.476 e. The molecular formula is C10H14N6OS2. The zero-order valence-electron chi connectivity index (χ0n) is 10.8. The van der Waals surface area contributed by atoms with E-state index in [1.807, 2.05) is 25.9 Å². The molecule has 2 aromatic rings. The van der Waals surface area contributed by atoms with Crippen LogP contribution in [-0.4, -0.2) is 40.9 Å². The predicted molar refractivity (Wildman–Crippen MR) is 76.0 cm³/mol. The normalized spacial score (nSPS) is 10.5. The zero-order valence-corrected chi connectivity index (χ0v) is 12.5. The SMILES string of the molecule is CCOc1ncnc(Sc2nnc(N(C)C)s2)c1N. The molecular weight excluding hydrogens is 284 g/mol. The second kappa shape index (κ2) is 6.02. The van der Waals surface area contributed by atoms with Gasteiger partial charge in [0, 0.05) is 14.1 Å². The van der Waals surface area contributed by atoms with Crippen LogP contribution in [0.3, 0.4) is 0 Å². The molecule has 0 spiro atoms. The number of aromatic nitrogens is 4. The highest BCUT2D eigenvalue weighted by molar-refractivity contribution is 8.01. The Bertz CT molecular complexity index is 559. The summed E-state index contributed by atoms with van der Waals surface area (Å²) in [6.07, 6.45) is 1.43. The van der Waals surface area contributed by atoms with E-state index in [2.05, 4.69) is 20.2 Å². The van der Waals surface area contributed by atoms with Crippen LogP contribution >= 0.6 is 23.1 Å². The van der Waals surface area contributed by atoms with Crippen LogP contribution in [0.1, 0.15) is 6.92 Å². The van der Waals surface area contributed by atoms with Gasteiger partial charge in [-0.1, -0.05) is 11.3 Å². The molecule has 0 aliphatic heterocycles. The molecule has 0 atom stereocenters. The molecule has 2 heterocycles. The fourth-order valence-corrected chi connectivity index (χ4v) is 2.88. The lowest BCUT2D eigenvalue weighted by molar-refractivity contribution is 0.327. The maximum atomic E-state index is 5.96. The molecule has 0 saturated carbocycles. The van der Waals surface area contributed by atoms with Crippen molar-refractivity contribution in [1.82, 2.24) is 20.2 Å². The predicted octanol–water partition coefficient (Wildman–Crippen LogP) is 1.53. The van der Waals surface area contributed by atoms with Crippen molar-refractivity contribution < 1.29 is 4.74 Å². The van der Waals surface area contributed by atoms with Crippen LogP contribution in [0.5, 0.6) is 5.88 Å². The molecule has 0 fully saturated rings. The first kappa shape index (κ1) is 13.8. The number of hydrogen-bond acceptors (Lipinski definition) is 9. The first-order valence-electron chi connectivity index (χ1n) is 5.53. The van der Waals surface area contributed by atoms with Crippen molar-refractivity contribution in [3.8, 4) is 5.88 Å². The molecule has 0 aromatic carbocycles. The van der Waals surface area contributed by atoms with Gasteiger partial charge < -0.3 is 15.4 Å². The summed E-state index contributed by atoms with van der Waals surface area (Å²) in [6, 6.07) is 0. The Morgan fingerprint density at radius 1 is 1.37 bits per heavy atom. The molecule has 9 heteroatoms. The summed E-state index contributed by atoms with van der Waals surface area (Å²) in [5.41, 5.74) is 6.39. The lowest BCUT2D eigenvalue weighted by Gasteiger charge is -2.07. The fraction of sp³-hybridized carbons (Fsp3) is 0.400. The summed E-state index contributed by atoms with van der Waals surface area (Å²) in [4.78, 5) is 10.0. The van der Waals surface area contributed by atoms with E-state index in [0.717, 1.165) is 9.47 Å². The molecule has 0 radical (unpaired) electrons. The molecule has 0 unspecified atom stereocenters. The summed E-state index contributed by atoms with van der Waals surface area (Å²) in [6.45, 7) is 2.39. The Morgan fingerprint density at radius 3 is 2.79 bits per heavy atom. The van der Waals surface area contributed by atoms with Gasteiger partial charge in [-0.05, 0) is 18.7 Å². The van der Waals surface area contributed by atoms with Crippen molar-refractivity contribution in [2.24, 2.45) is 0 Å². The molecule has 0 saturated heterocycles. The van der Waals surface area contributed by atoms with E-state index >= 15 is 0 Å². The standard InChI is InChI=1S/C10H14N6OS2/c1-4-17-7-6(11)8(13-5-12-7)18-10-15-14-9(19-10)16(2)3/h5H,4,11H2,1-3H3. The van der Waals surface area contributed by atoms with Gasteiger partial charge in [0.25, 0.3) is 0 Å². The number of nitrogen functional groups attached to an aromatic ring is 1. The topological polar surface area (TPSA) is 90.0 Å². The number of nitrogens with two attached hydrogens (primary N) is 1. The highest BCUT2D eigenvalue weighted by Gasteiger charge is 2.14. The first-order valence-corrected chi connectivity index (χ1v) is 7.17. The third kappa shape index (κ3) is 3.24. The van der Waals surface area contributed by atoms with Gasteiger partial charge in [-0.25, -0.2) is 4.98 Å². The zero-order chi connectivity index (χ0) is 13.8. The minimum Gasteiger partial charge on any atom is -0.476 e. The van der Waals surface area contributed by atoms with E-state index in [9.17, 15) is 0 Å². The van der Waals surface area contributed by atoms with Crippen molar-refractivity contribution in [2.75, 3.05) is 31.3 Å². The number of rotatable bonds is 5. The number of ether oxygens (including phenoxy) is 1. The van der Waals surface area contributed by atoms with Gasteiger partial charge in [-0.3, -0.25) is 0 Å². The quantitative estimate of drug-likeness (QED) is 0.831. The lowest BCUT2D eigenvalue weighted by Crippen LogP contribution is -2.07. The lowest BCUT2D eigenvalue weighted by atomic mass is 10.5. The van der Waals surface area contributed by atoms with Crippen LogP contribution in [0.4, 0.5) is 10.8 Å². The Morgan fingerprint density at radius 2 is 2.16 bits per heavy atom. The molecule has 2 aromatic heterocycles. The second-order valence-corrected chi connectivity index (χ2v) is 5.87. The highest BCUT2D eigenvalue weighted by Crippen LogP contribution is 2.36. The maximum absolute atomic E-state index is 5.96. The van der Waals surface area contributed by atoms with Crippen molar-refractivity contribution in [1.29, 1.82) is 0 Å². The third-order valence-electron chi connectivity index (χ3n) is 2.05. The van der Waals surface area contributed by atoms with E-state index in [1.54, 1.807) is 0 Å². The van der Waals surface area contributed by atoms with E-state index in [0.29, 0.717) is 23.2 Å². The Balaban J connectivity index is 2.20. The van der Waals surface area contributed by atoms with Gasteiger partial charge in [0.05, 0.1) is 6.61 Å². The number of nitrogens with zero attached hydrogens (tertiary/aromatic N) is 5. The van der Waals surface area contributed by atoms with Gasteiger partial charge in [0.1, 0.15) is 17.0 Å². The van der Waals surface area contributed by atoms with Gasteiger partial charge in [0.2, 0.25) is 11.0 Å². The minimum absolute atomic E-state index is 0.400. The summed E-state index contributed by atoms with van der Waals surface area (Å²) in [7, 11) is 3.84. The van der Waals surface area contributed by atoms with Crippen LogP contribution < -0.4 is 15.4 Å². The van der Waals surface area contributed by atoms with E-state index in [-0.39, 0.29) is 0 Å². The molecule has 0 amide bonds. The Kier molecular flexibility index (Phi) is 4.38. The summed E-state index contributed by atoms with van der Waals surface area (Å²) < 4.78 is 6.10. The number of hydrogen-bond donors (Lipinski definition) is 1. The van der Waals surface area contributed by atoms with Crippen molar-refractivity contribution in [3.63, 3.8) is 0 Å². The van der Waals surface area contributed by atoms with Crippen molar-refractivity contribution in [3.05, 3.63) is 6.33 Å². The average Bonchev–Trinajstić information content (AvgIpc) is 2.83. The molecule has 0 aliphatic rings.